The molecule has 1 saturated carbocycles. The molecule has 0 spiro atoms. The molecule has 0 aromatic carbocycles. The molecule has 1 N–H and O–H groups in total. The van der Waals surface area contributed by atoms with Crippen LogP contribution in [0.2, 0.25) is 0 Å². The van der Waals surface area contributed by atoms with E-state index in [0.717, 1.165) is 16.9 Å². The zero-order valence-electron chi connectivity index (χ0n) is 10.4. The van der Waals surface area contributed by atoms with Crippen LogP contribution >= 0.6 is 11.5 Å². The molecule has 0 saturated heterocycles. The predicted molar refractivity (Wildman–Crippen MR) is 69.0 cm³/mol. The molecule has 0 radical (unpaired) electrons. The van der Waals surface area contributed by atoms with Crippen molar-refractivity contribution in [3.63, 3.8) is 0 Å². The van der Waals surface area contributed by atoms with Crippen molar-refractivity contribution in [2.45, 2.75) is 58.4 Å². The largest absolute Gasteiger partial charge is 0.358 e. The molecule has 1 heterocycles. The Balaban J connectivity index is 2.00. The summed E-state index contributed by atoms with van der Waals surface area (Å²) in [7, 11) is 0. The first-order valence-electron chi connectivity index (χ1n) is 6.25. The number of rotatable bonds is 3. The number of nitrogens with zero attached hydrogens (tertiary/aromatic N) is 2. The van der Waals surface area contributed by atoms with Crippen molar-refractivity contribution in [2.24, 2.45) is 5.92 Å². The minimum atomic E-state index is 0.436. The number of hydrogen-bond donors (Lipinski definition) is 1. The molecule has 0 aliphatic heterocycles. The van der Waals surface area contributed by atoms with Gasteiger partial charge in [-0.2, -0.15) is 4.37 Å². The van der Waals surface area contributed by atoms with E-state index in [1.165, 1.54) is 37.2 Å². The SMILES string of the molecule is CC1CCCC(c2nsc(NC(C)C)n2)C1. The zero-order valence-corrected chi connectivity index (χ0v) is 11.2. The average molecular weight is 239 g/mol. The van der Waals surface area contributed by atoms with Gasteiger partial charge >= 0.3 is 0 Å². The lowest BCUT2D eigenvalue weighted by atomic mass is 9.82. The predicted octanol–water partition coefficient (Wildman–Crippen LogP) is 3.65. The van der Waals surface area contributed by atoms with E-state index >= 15 is 0 Å². The van der Waals surface area contributed by atoms with Crippen molar-refractivity contribution in [3.8, 4) is 0 Å². The van der Waals surface area contributed by atoms with Gasteiger partial charge < -0.3 is 5.32 Å². The van der Waals surface area contributed by atoms with Gasteiger partial charge in [0, 0.05) is 23.5 Å². The van der Waals surface area contributed by atoms with E-state index in [2.05, 4.69) is 35.4 Å². The average Bonchev–Trinajstić information content (AvgIpc) is 2.65. The summed E-state index contributed by atoms with van der Waals surface area (Å²) in [6.45, 7) is 6.60. The Labute approximate surface area is 102 Å². The highest BCUT2D eigenvalue weighted by atomic mass is 32.1. The summed E-state index contributed by atoms with van der Waals surface area (Å²) in [5.74, 6) is 2.51. The summed E-state index contributed by atoms with van der Waals surface area (Å²) in [5, 5.41) is 4.30. The molecule has 1 fully saturated rings. The first-order valence-corrected chi connectivity index (χ1v) is 7.02. The van der Waals surface area contributed by atoms with Crippen LogP contribution in [0.3, 0.4) is 0 Å². The molecule has 1 aliphatic carbocycles. The molecule has 0 bridgehead atoms. The molecule has 90 valence electrons. The summed E-state index contributed by atoms with van der Waals surface area (Å²) in [6, 6.07) is 0.436. The van der Waals surface area contributed by atoms with Gasteiger partial charge in [0.05, 0.1) is 0 Å². The Bertz CT molecular complexity index is 335. The van der Waals surface area contributed by atoms with Crippen molar-refractivity contribution in [1.82, 2.24) is 9.36 Å². The molecular weight excluding hydrogens is 218 g/mol. The lowest BCUT2D eigenvalue weighted by Crippen LogP contribution is -2.13. The Hall–Kier alpha value is -0.640. The molecule has 1 aromatic heterocycles. The van der Waals surface area contributed by atoms with Gasteiger partial charge in [0.15, 0.2) is 0 Å². The maximum absolute atomic E-state index is 4.60. The molecule has 2 rings (SSSR count). The van der Waals surface area contributed by atoms with Crippen LogP contribution in [0.15, 0.2) is 0 Å². The van der Waals surface area contributed by atoms with Gasteiger partial charge in [-0.25, -0.2) is 4.98 Å². The van der Waals surface area contributed by atoms with Crippen molar-refractivity contribution >= 4 is 16.7 Å². The smallest absolute Gasteiger partial charge is 0.202 e. The Morgan fingerprint density at radius 1 is 1.38 bits per heavy atom. The first-order chi connectivity index (χ1) is 7.65. The highest BCUT2D eigenvalue weighted by Gasteiger charge is 2.23. The third-order valence-electron chi connectivity index (χ3n) is 3.16. The van der Waals surface area contributed by atoms with E-state index in [1.807, 2.05) is 0 Å². The van der Waals surface area contributed by atoms with Crippen molar-refractivity contribution in [1.29, 1.82) is 0 Å². The Kier molecular flexibility index (Phi) is 3.79. The normalized spacial score (nSPS) is 26.0. The van der Waals surface area contributed by atoms with Crippen molar-refractivity contribution in [3.05, 3.63) is 5.82 Å². The summed E-state index contributed by atoms with van der Waals surface area (Å²) in [6.07, 6.45) is 5.23. The molecule has 0 amide bonds. The molecule has 16 heavy (non-hydrogen) atoms. The fraction of sp³-hybridized carbons (Fsp3) is 0.833. The monoisotopic (exact) mass is 239 g/mol. The number of nitrogens with one attached hydrogen (secondary N) is 1. The lowest BCUT2D eigenvalue weighted by molar-refractivity contribution is 0.337. The van der Waals surface area contributed by atoms with E-state index in [-0.39, 0.29) is 0 Å². The van der Waals surface area contributed by atoms with E-state index < -0.39 is 0 Å². The van der Waals surface area contributed by atoms with Crippen molar-refractivity contribution in [2.75, 3.05) is 5.32 Å². The van der Waals surface area contributed by atoms with Crippen molar-refractivity contribution < 1.29 is 0 Å². The highest BCUT2D eigenvalue weighted by Crippen LogP contribution is 2.35. The molecule has 2 atom stereocenters. The van der Waals surface area contributed by atoms with Gasteiger partial charge in [0.25, 0.3) is 0 Å². The van der Waals surface area contributed by atoms with E-state index in [0.29, 0.717) is 12.0 Å². The van der Waals surface area contributed by atoms with Crippen LogP contribution in [-0.2, 0) is 0 Å². The van der Waals surface area contributed by atoms with Gasteiger partial charge in [-0.3, -0.25) is 0 Å². The zero-order chi connectivity index (χ0) is 11.5. The lowest BCUT2D eigenvalue weighted by Gasteiger charge is -2.24. The molecule has 1 aliphatic rings. The van der Waals surface area contributed by atoms with Gasteiger partial charge in [-0.1, -0.05) is 19.8 Å². The van der Waals surface area contributed by atoms with E-state index in [1.54, 1.807) is 0 Å². The second-order valence-corrected chi connectivity index (χ2v) is 5.98. The van der Waals surface area contributed by atoms with E-state index in [9.17, 15) is 0 Å². The van der Waals surface area contributed by atoms with Gasteiger partial charge in [-0.15, -0.1) is 0 Å². The van der Waals surface area contributed by atoms with Crippen LogP contribution < -0.4 is 5.32 Å². The Morgan fingerprint density at radius 3 is 2.88 bits per heavy atom. The third kappa shape index (κ3) is 2.94. The summed E-state index contributed by atoms with van der Waals surface area (Å²) in [5.41, 5.74) is 0. The molecule has 2 unspecified atom stereocenters. The number of anilines is 1. The summed E-state index contributed by atoms with van der Waals surface area (Å²) in [4.78, 5) is 4.60. The minimum absolute atomic E-state index is 0.436. The number of hydrogen-bond acceptors (Lipinski definition) is 4. The van der Waals surface area contributed by atoms with Crippen LogP contribution in [0.1, 0.15) is 58.2 Å². The second kappa shape index (κ2) is 5.13. The van der Waals surface area contributed by atoms with Crippen LogP contribution in [0.4, 0.5) is 5.13 Å². The van der Waals surface area contributed by atoms with Crippen LogP contribution in [-0.4, -0.2) is 15.4 Å². The van der Waals surface area contributed by atoms with Gasteiger partial charge in [0.1, 0.15) is 5.82 Å². The topological polar surface area (TPSA) is 37.8 Å². The molecule has 4 heteroatoms. The quantitative estimate of drug-likeness (QED) is 0.875. The summed E-state index contributed by atoms with van der Waals surface area (Å²) >= 11 is 1.50. The second-order valence-electron chi connectivity index (χ2n) is 5.23. The molecule has 1 aromatic rings. The first kappa shape index (κ1) is 11.8. The van der Waals surface area contributed by atoms with Gasteiger partial charge in [-0.05, 0) is 32.6 Å². The molecular formula is C12H21N3S. The third-order valence-corrected chi connectivity index (χ3v) is 3.82. The highest BCUT2D eigenvalue weighted by molar-refractivity contribution is 7.09. The van der Waals surface area contributed by atoms with Crippen LogP contribution in [0.25, 0.3) is 0 Å². The fourth-order valence-electron chi connectivity index (χ4n) is 2.37. The maximum Gasteiger partial charge on any atom is 0.202 e. The van der Waals surface area contributed by atoms with Crippen LogP contribution in [0.5, 0.6) is 0 Å². The fourth-order valence-corrected chi connectivity index (χ4v) is 3.17. The van der Waals surface area contributed by atoms with E-state index in [4.69, 9.17) is 0 Å². The molecule has 3 nitrogen and oxygen atoms in total. The number of aromatic nitrogens is 2. The standard InChI is InChI=1S/C12H21N3S/c1-8(2)13-12-14-11(15-16-12)10-6-4-5-9(3)7-10/h8-10H,4-7H2,1-3H3,(H,13,14,15). The summed E-state index contributed by atoms with van der Waals surface area (Å²) < 4.78 is 4.50. The van der Waals surface area contributed by atoms with Gasteiger partial charge in [0.2, 0.25) is 5.13 Å². The minimum Gasteiger partial charge on any atom is -0.358 e. The Morgan fingerprint density at radius 2 is 2.19 bits per heavy atom. The maximum atomic E-state index is 4.60. The van der Waals surface area contributed by atoms with Crippen LogP contribution in [0, 0.1) is 5.92 Å².